The van der Waals surface area contributed by atoms with Crippen LogP contribution in [0.1, 0.15) is 29.8 Å². The smallest absolute Gasteiger partial charge is 0.232 e. The molecule has 0 saturated carbocycles. The fraction of sp³-hybridized carbons (Fsp3) is 0.323. The number of anilines is 4. The quantitative estimate of drug-likeness (QED) is 0.157. The number of nitrogens with one attached hydrogen (secondary N) is 3. The van der Waals surface area contributed by atoms with Crippen LogP contribution in [0.3, 0.4) is 0 Å². The van der Waals surface area contributed by atoms with Crippen LogP contribution in [-0.4, -0.2) is 85.5 Å². The molecule has 17 heteroatoms. The lowest BCUT2D eigenvalue weighted by Crippen LogP contribution is -2.26. The second-order valence-corrected chi connectivity index (χ2v) is 11.9. The number of carbonyl (C=O) groups excluding carboxylic acids is 2. The lowest BCUT2D eigenvalue weighted by Gasteiger charge is -2.17. The maximum absolute atomic E-state index is 12.6. The molecule has 0 radical (unpaired) electrons. The van der Waals surface area contributed by atoms with Crippen molar-refractivity contribution in [2.45, 2.75) is 38.3 Å². The van der Waals surface area contributed by atoms with Crippen molar-refractivity contribution in [1.82, 2.24) is 40.4 Å². The van der Waals surface area contributed by atoms with Crippen molar-refractivity contribution in [2.75, 3.05) is 48.2 Å². The van der Waals surface area contributed by atoms with Gasteiger partial charge in [-0.05, 0) is 48.4 Å². The number of rotatable bonds is 14. The Hall–Kier alpha value is -5.71. The molecule has 5 heterocycles. The molecule has 1 fully saturated rings. The molecule has 1 aromatic carbocycles. The lowest BCUT2D eigenvalue weighted by molar-refractivity contribution is -0.116. The van der Waals surface area contributed by atoms with E-state index >= 15 is 0 Å². The number of aromatic nitrogens is 8. The lowest BCUT2D eigenvalue weighted by atomic mass is 10.2. The fourth-order valence-corrected chi connectivity index (χ4v) is 5.86. The van der Waals surface area contributed by atoms with Crippen molar-refractivity contribution in [3.05, 3.63) is 77.9 Å². The summed E-state index contributed by atoms with van der Waals surface area (Å²) in [5, 5.41) is 35.2. The van der Waals surface area contributed by atoms with E-state index in [1.807, 2.05) is 36.5 Å². The van der Waals surface area contributed by atoms with Gasteiger partial charge in [0.15, 0.2) is 23.1 Å². The van der Waals surface area contributed by atoms with Crippen molar-refractivity contribution < 1.29 is 19.1 Å². The van der Waals surface area contributed by atoms with Gasteiger partial charge in [0, 0.05) is 50.1 Å². The van der Waals surface area contributed by atoms with Crippen LogP contribution in [0.2, 0.25) is 0 Å². The molecule has 0 unspecified atom stereocenters. The van der Waals surface area contributed by atoms with Gasteiger partial charge >= 0.3 is 0 Å². The third kappa shape index (κ3) is 8.55. The first-order chi connectivity index (χ1) is 23.4. The van der Waals surface area contributed by atoms with E-state index in [0.29, 0.717) is 64.3 Å². The molecule has 0 aliphatic carbocycles. The Balaban J connectivity index is 0.921. The number of nitrogens with zero attached hydrogens (tertiary/aromatic N) is 9. The molecular weight excluding hydrogens is 636 g/mol. The average molecular weight is 671 g/mol. The van der Waals surface area contributed by atoms with E-state index in [9.17, 15) is 9.59 Å². The van der Waals surface area contributed by atoms with Gasteiger partial charge in [-0.3, -0.25) is 14.6 Å². The van der Waals surface area contributed by atoms with Crippen molar-refractivity contribution in [2.24, 2.45) is 0 Å². The van der Waals surface area contributed by atoms with E-state index in [0.717, 1.165) is 18.5 Å². The average Bonchev–Trinajstić information content (AvgIpc) is 3.87. The van der Waals surface area contributed by atoms with Crippen LogP contribution in [-0.2, 0) is 29.0 Å². The summed E-state index contributed by atoms with van der Waals surface area (Å²) in [6.45, 7) is 1.97. The summed E-state index contributed by atoms with van der Waals surface area (Å²) in [7, 11) is 3.19. The second-order valence-electron chi connectivity index (χ2n) is 11.0. The molecule has 2 amide bonds. The number of amides is 2. The van der Waals surface area contributed by atoms with E-state index in [1.165, 1.54) is 11.3 Å². The third-order valence-corrected chi connectivity index (χ3v) is 8.25. The highest BCUT2D eigenvalue weighted by Gasteiger charge is 2.25. The van der Waals surface area contributed by atoms with Crippen LogP contribution < -0.4 is 30.3 Å². The maximum atomic E-state index is 12.6. The molecule has 1 aliphatic heterocycles. The molecule has 0 spiro atoms. The van der Waals surface area contributed by atoms with Crippen molar-refractivity contribution in [3.8, 4) is 11.5 Å². The summed E-state index contributed by atoms with van der Waals surface area (Å²) in [4.78, 5) is 31.2. The maximum Gasteiger partial charge on any atom is 0.232 e. The van der Waals surface area contributed by atoms with Gasteiger partial charge in [-0.15, -0.1) is 25.5 Å². The number of benzene rings is 1. The molecule has 6 rings (SSSR count). The SMILES string of the molecule is COc1ccc(Cn2cc(CCC(=O)Nc3ccc(N4CC[C@@H](Nc5nnc(NC(=O)Cc6ccccn6)s5)C4)nn3)nn2)cc1OC. The van der Waals surface area contributed by atoms with E-state index in [-0.39, 0.29) is 30.7 Å². The number of aryl methyl sites for hydroxylation is 1. The summed E-state index contributed by atoms with van der Waals surface area (Å²) < 4.78 is 12.4. The molecule has 48 heavy (non-hydrogen) atoms. The molecule has 1 atom stereocenters. The zero-order valence-corrected chi connectivity index (χ0v) is 27.2. The first kappa shape index (κ1) is 32.2. The number of hydrogen-bond donors (Lipinski definition) is 3. The van der Waals surface area contributed by atoms with Gasteiger partial charge in [-0.2, -0.15) is 0 Å². The fourth-order valence-electron chi connectivity index (χ4n) is 5.13. The minimum absolute atomic E-state index is 0.119. The minimum Gasteiger partial charge on any atom is -0.493 e. The van der Waals surface area contributed by atoms with E-state index < -0.39 is 0 Å². The summed E-state index contributed by atoms with van der Waals surface area (Å²) in [5.41, 5.74) is 2.37. The van der Waals surface area contributed by atoms with Crippen LogP contribution in [0, 0.1) is 0 Å². The molecule has 1 saturated heterocycles. The van der Waals surface area contributed by atoms with Gasteiger partial charge in [-0.25, -0.2) is 4.68 Å². The summed E-state index contributed by atoms with van der Waals surface area (Å²) in [6.07, 6.45) is 5.15. The highest BCUT2D eigenvalue weighted by atomic mass is 32.1. The summed E-state index contributed by atoms with van der Waals surface area (Å²) in [6, 6.07) is 14.8. The van der Waals surface area contributed by atoms with Crippen LogP contribution in [0.15, 0.2) is 60.9 Å². The standard InChI is InChI=1S/C31H34N12O4S/c1-46-24-8-6-20(15-25(24)47-2)17-43-19-23(36-41-43)7-11-28(44)34-26-9-10-27(38-37-26)42-14-12-22(18-42)33-30-39-40-31(48-30)35-29(45)16-21-5-3-4-13-32-21/h3-6,8-10,13,15,19,22H,7,11-12,14,16-18H2,1-2H3,(H,33,39)(H,34,37,44)(H,35,40,45)/t22-/m1/s1. The zero-order valence-electron chi connectivity index (χ0n) is 26.4. The Morgan fingerprint density at radius 2 is 1.79 bits per heavy atom. The van der Waals surface area contributed by atoms with Gasteiger partial charge in [0.25, 0.3) is 0 Å². The number of hydrogen-bond acceptors (Lipinski definition) is 14. The zero-order chi connectivity index (χ0) is 33.3. The Kier molecular flexibility index (Phi) is 10.2. The largest absolute Gasteiger partial charge is 0.493 e. The topological polar surface area (TPSA) is 187 Å². The molecular formula is C31H34N12O4S. The minimum atomic E-state index is -0.200. The highest BCUT2D eigenvalue weighted by Crippen LogP contribution is 2.28. The van der Waals surface area contributed by atoms with E-state index in [2.05, 4.69) is 56.5 Å². The first-order valence-electron chi connectivity index (χ1n) is 15.2. The first-order valence-corrected chi connectivity index (χ1v) is 16.0. The predicted molar refractivity (Wildman–Crippen MR) is 178 cm³/mol. The molecule has 3 N–H and O–H groups in total. The second kappa shape index (κ2) is 15.3. The predicted octanol–water partition coefficient (Wildman–Crippen LogP) is 2.82. The van der Waals surface area contributed by atoms with Crippen LogP contribution in [0.5, 0.6) is 11.5 Å². The van der Waals surface area contributed by atoms with E-state index in [4.69, 9.17) is 9.47 Å². The number of pyridine rings is 1. The monoisotopic (exact) mass is 670 g/mol. The molecule has 248 valence electrons. The number of carbonyl (C=O) groups is 2. The van der Waals surface area contributed by atoms with Gasteiger partial charge in [0.05, 0.1) is 32.9 Å². The Labute approximate surface area is 279 Å². The van der Waals surface area contributed by atoms with Gasteiger partial charge in [-0.1, -0.05) is 28.7 Å². The van der Waals surface area contributed by atoms with Crippen molar-refractivity contribution in [3.63, 3.8) is 0 Å². The van der Waals surface area contributed by atoms with Crippen molar-refractivity contribution >= 4 is 45.0 Å². The molecule has 16 nitrogen and oxygen atoms in total. The van der Waals surface area contributed by atoms with Gasteiger partial charge in [0.2, 0.25) is 22.1 Å². The molecule has 1 aliphatic rings. The normalized spacial score (nSPS) is 14.0. The molecule has 5 aromatic rings. The third-order valence-electron chi connectivity index (χ3n) is 7.48. The van der Waals surface area contributed by atoms with Gasteiger partial charge < -0.3 is 30.3 Å². The van der Waals surface area contributed by atoms with Crippen LogP contribution in [0.4, 0.5) is 21.9 Å². The summed E-state index contributed by atoms with van der Waals surface area (Å²) >= 11 is 1.28. The van der Waals surface area contributed by atoms with Gasteiger partial charge in [0.1, 0.15) is 0 Å². The summed E-state index contributed by atoms with van der Waals surface area (Å²) in [5.74, 6) is 2.00. The highest BCUT2D eigenvalue weighted by molar-refractivity contribution is 7.19. The number of methoxy groups -OCH3 is 2. The molecule has 0 bridgehead atoms. The Morgan fingerprint density at radius 3 is 2.58 bits per heavy atom. The Bertz CT molecular complexity index is 1830. The van der Waals surface area contributed by atoms with Crippen molar-refractivity contribution in [1.29, 1.82) is 0 Å². The van der Waals surface area contributed by atoms with Crippen LogP contribution >= 0.6 is 11.3 Å². The molecule has 4 aromatic heterocycles. The van der Waals surface area contributed by atoms with E-state index in [1.54, 1.807) is 43.3 Å². The number of ether oxygens (including phenoxy) is 2. The Morgan fingerprint density at radius 1 is 0.917 bits per heavy atom. The van der Waals surface area contributed by atoms with Crippen LogP contribution in [0.25, 0.3) is 0 Å².